The van der Waals surface area contributed by atoms with E-state index in [-0.39, 0.29) is 28.4 Å². The third-order valence-electron chi connectivity index (χ3n) is 3.58. The summed E-state index contributed by atoms with van der Waals surface area (Å²) in [6.45, 7) is 5.64. The smallest absolute Gasteiger partial charge is 0.319 e. The molecule has 0 bridgehead atoms. The highest BCUT2D eigenvalue weighted by molar-refractivity contribution is 6.33. The van der Waals surface area contributed by atoms with Crippen LogP contribution < -0.4 is 4.74 Å². The van der Waals surface area contributed by atoms with Crippen LogP contribution in [0.5, 0.6) is 6.01 Å². The van der Waals surface area contributed by atoms with E-state index < -0.39 is 5.60 Å². The maximum absolute atomic E-state index is 11.9. The minimum Gasteiger partial charge on any atom is -0.460 e. The minimum atomic E-state index is -0.430. The minimum absolute atomic E-state index is 0.0272. The lowest BCUT2D eigenvalue weighted by Gasteiger charge is -2.28. The molecule has 1 aliphatic rings. The van der Waals surface area contributed by atoms with Gasteiger partial charge in [-0.2, -0.15) is 9.97 Å². The fraction of sp³-hybridized carbons (Fsp3) is 0.688. The van der Waals surface area contributed by atoms with Crippen LogP contribution in [0.15, 0.2) is 6.07 Å². The zero-order chi connectivity index (χ0) is 17.0. The van der Waals surface area contributed by atoms with E-state index in [1.807, 2.05) is 20.8 Å². The number of halogens is 2. The van der Waals surface area contributed by atoms with Gasteiger partial charge in [0.25, 0.3) is 0 Å². The van der Waals surface area contributed by atoms with E-state index in [0.29, 0.717) is 12.3 Å². The molecule has 1 fully saturated rings. The molecule has 0 aromatic carbocycles. The van der Waals surface area contributed by atoms with E-state index >= 15 is 0 Å². The van der Waals surface area contributed by atoms with Crippen LogP contribution in [0, 0.1) is 5.92 Å². The Morgan fingerprint density at radius 1 is 1.17 bits per heavy atom. The number of esters is 1. The predicted octanol–water partition coefficient (Wildman–Crippen LogP) is 4.45. The Kier molecular flexibility index (Phi) is 6.09. The molecule has 1 aromatic heterocycles. The van der Waals surface area contributed by atoms with E-state index in [1.165, 1.54) is 6.07 Å². The summed E-state index contributed by atoms with van der Waals surface area (Å²) >= 11 is 11.7. The molecule has 128 valence electrons. The maximum atomic E-state index is 11.9. The van der Waals surface area contributed by atoms with Gasteiger partial charge in [0, 0.05) is 12.5 Å². The average Bonchev–Trinajstić information content (AvgIpc) is 2.37. The van der Waals surface area contributed by atoms with Crippen molar-refractivity contribution >= 4 is 29.2 Å². The average molecular weight is 361 g/mol. The normalized spacial score (nSPS) is 21.8. The molecule has 0 amide bonds. The highest BCUT2D eigenvalue weighted by Crippen LogP contribution is 2.30. The Hall–Kier alpha value is -1.07. The first kappa shape index (κ1) is 18.3. The fourth-order valence-corrected chi connectivity index (χ4v) is 3.05. The fourth-order valence-electron chi connectivity index (χ4n) is 2.65. The zero-order valence-electron chi connectivity index (χ0n) is 13.6. The van der Waals surface area contributed by atoms with E-state index in [0.717, 1.165) is 25.7 Å². The first-order valence-corrected chi connectivity index (χ1v) is 8.55. The summed E-state index contributed by atoms with van der Waals surface area (Å²) < 4.78 is 11.1. The Morgan fingerprint density at radius 3 is 2.26 bits per heavy atom. The summed E-state index contributed by atoms with van der Waals surface area (Å²) in [5, 5.41) is 0.525. The molecule has 2 rings (SSSR count). The third kappa shape index (κ3) is 6.51. The van der Waals surface area contributed by atoms with Crippen LogP contribution in [-0.2, 0) is 9.53 Å². The van der Waals surface area contributed by atoms with Gasteiger partial charge in [-0.25, -0.2) is 0 Å². The molecule has 1 saturated carbocycles. The van der Waals surface area contributed by atoms with E-state index in [1.54, 1.807) is 0 Å². The van der Waals surface area contributed by atoms with Gasteiger partial charge in [-0.15, -0.1) is 0 Å². The summed E-state index contributed by atoms with van der Waals surface area (Å²) in [4.78, 5) is 19.9. The van der Waals surface area contributed by atoms with Crippen LogP contribution in [-0.4, -0.2) is 27.6 Å². The van der Waals surface area contributed by atoms with Gasteiger partial charge in [-0.1, -0.05) is 23.2 Å². The second kappa shape index (κ2) is 7.67. The van der Waals surface area contributed by atoms with Gasteiger partial charge < -0.3 is 9.47 Å². The molecule has 5 nitrogen and oxygen atoms in total. The van der Waals surface area contributed by atoms with Crippen molar-refractivity contribution in [3.63, 3.8) is 0 Å². The first-order chi connectivity index (χ1) is 10.7. The van der Waals surface area contributed by atoms with Gasteiger partial charge >= 0.3 is 12.0 Å². The number of nitrogens with zero attached hydrogens (tertiary/aromatic N) is 2. The van der Waals surface area contributed by atoms with Crippen molar-refractivity contribution in [1.29, 1.82) is 0 Å². The number of hydrogen-bond donors (Lipinski definition) is 0. The molecule has 0 radical (unpaired) electrons. The largest absolute Gasteiger partial charge is 0.460 e. The molecule has 0 aliphatic heterocycles. The molecule has 7 heteroatoms. The lowest BCUT2D eigenvalue weighted by molar-refractivity contribution is -0.156. The van der Waals surface area contributed by atoms with Crippen LogP contribution in [0.3, 0.4) is 0 Å². The van der Waals surface area contributed by atoms with Gasteiger partial charge in [0.1, 0.15) is 22.0 Å². The topological polar surface area (TPSA) is 61.3 Å². The molecule has 1 aromatic rings. The third-order valence-corrected chi connectivity index (χ3v) is 3.97. The van der Waals surface area contributed by atoms with E-state index in [9.17, 15) is 4.79 Å². The molecule has 0 atom stereocenters. The van der Waals surface area contributed by atoms with E-state index in [2.05, 4.69) is 9.97 Å². The summed E-state index contributed by atoms with van der Waals surface area (Å²) in [6.07, 6.45) is 4.02. The Labute approximate surface area is 146 Å². The van der Waals surface area contributed by atoms with E-state index in [4.69, 9.17) is 32.7 Å². The molecule has 1 heterocycles. The Morgan fingerprint density at radius 2 is 1.74 bits per heavy atom. The number of carbonyl (C=O) groups excluding carboxylic acids is 1. The van der Waals surface area contributed by atoms with Gasteiger partial charge in [-0.05, 0) is 52.4 Å². The van der Waals surface area contributed by atoms with Gasteiger partial charge in [0.2, 0.25) is 0 Å². The number of rotatable bonds is 4. The predicted molar refractivity (Wildman–Crippen MR) is 88.9 cm³/mol. The summed E-state index contributed by atoms with van der Waals surface area (Å²) in [5.74, 6) is 0.209. The van der Waals surface area contributed by atoms with Gasteiger partial charge in [0.05, 0.1) is 0 Å². The molecule has 0 N–H and O–H groups in total. The molecular formula is C16H22Cl2N2O3. The molecule has 0 saturated heterocycles. The van der Waals surface area contributed by atoms with Crippen LogP contribution in [0.2, 0.25) is 10.3 Å². The van der Waals surface area contributed by atoms with Crippen LogP contribution >= 0.6 is 23.2 Å². The highest BCUT2D eigenvalue weighted by atomic mass is 35.5. The lowest BCUT2D eigenvalue weighted by atomic mass is 9.85. The Balaban J connectivity index is 1.78. The highest BCUT2D eigenvalue weighted by Gasteiger charge is 2.27. The monoisotopic (exact) mass is 360 g/mol. The number of aromatic nitrogens is 2. The second-order valence-electron chi connectivity index (χ2n) is 6.85. The van der Waals surface area contributed by atoms with Crippen molar-refractivity contribution in [3.05, 3.63) is 16.4 Å². The van der Waals surface area contributed by atoms with Crippen molar-refractivity contribution in [1.82, 2.24) is 9.97 Å². The Bertz CT molecular complexity index is 532. The lowest BCUT2D eigenvalue weighted by Crippen LogP contribution is -2.29. The summed E-state index contributed by atoms with van der Waals surface area (Å²) in [7, 11) is 0. The van der Waals surface area contributed by atoms with Crippen molar-refractivity contribution in [3.8, 4) is 6.01 Å². The standard InChI is InChI=1S/C16H22Cl2N2O3/c1-16(2,3)23-14(21)8-10-4-6-11(7-5-10)22-15-19-12(17)9-13(18)20-15/h9-11H,4-8H2,1-3H3. The van der Waals surface area contributed by atoms with Crippen molar-refractivity contribution in [2.75, 3.05) is 0 Å². The van der Waals surface area contributed by atoms with Crippen molar-refractivity contribution in [2.24, 2.45) is 5.92 Å². The van der Waals surface area contributed by atoms with Crippen molar-refractivity contribution in [2.45, 2.75) is 64.6 Å². The zero-order valence-corrected chi connectivity index (χ0v) is 15.2. The summed E-state index contributed by atoms with van der Waals surface area (Å²) in [5.41, 5.74) is -0.430. The molecule has 0 unspecified atom stereocenters. The number of carbonyl (C=O) groups is 1. The first-order valence-electron chi connectivity index (χ1n) is 7.80. The maximum Gasteiger partial charge on any atom is 0.319 e. The van der Waals surface area contributed by atoms with Crippen LogP contribution in [0.4, 0.5) is 0 Å². The number of ether oxygens (including phenoxy) is 2. The molecule has 1 aliphatic carbocycles. The van der Waals surface area contributed by atoms with Gasteiger partial charge in [0.15, 0.2) is 0 Å². The van der Waals surface area contributed by atoms with Crippen molar-refractivity contribution < 1.29 is 14.3 Å². The molecule has 0 spiro atoms. The molecule has 23 heavy (non-hydrogen) atoms. The second-order valence-corrected chi connectivity index (χ2v) is 7.62. The SMILES string of the molecule is CC(C)(C)OC(=O)CC1CCC(Oc2nc(Cl)cc(Cl)n2)CC1. The summed E-state index contributed by atoms with van der Waals surface area (Å²) in [6, 6.07) is 1.67. The quantitative estimate of drug-likeness (QED) is 0.586. The number of hydrogen-bond acceptors (Lipinski definition) is 5. The van der Waals surface area contributed by atoms with Crippen LogP contribution in [0.25, 0.3) is 0 Å². The van der Waals surface area contributed by atoms with Crippen LogP contribution in [0.1, 0.15) is 52.9 Å². The van der Waals surface area contributed by atoms with Gasteiger partial charge in [-0.3, -0.25) is 4.79 Å². The molecular weight excluding hydrogens is 339 g/mol.